The molecule has 4 aromatic rings. The summed E-state index contributed by atoms with van der Waals surface area (Å²) < 4.78 is 7.36. The van der Waals surface area contributed by atoms with Crippen LogP contribution in [-0.2, 0) is 4.79 Å². The average molecular weight is 343 g/mol. The van der Waals surface area contributed by atoms with E-state index in [1.165, 1.54) is 0 Å². The Morgan fingerprint density at radius 1 is 0.962 bits per heavy atom. The highest BCUT2D eigenvalue weighted by Gasteiger charge is 2.05. The SMILES string of the molecule is O=C(COc1ccc2ccccc2c1)Nc1ccc(-n2cccn2)cc1. The third-order valence-corrected chi connectivity index (χ3v) is 4.01. The monoisotopic (exact) mass is 343 g/mol. The molecular weight excluding hydrogens is 326 g/mol. The summed E-state index contributed by atoms with van der Waals surface area (Å²) in [4.78, 5) is 12.1. The average Bonchev–Trinajstić information content (AvgIpc) is 3.22. The van der Waals surface area contributed by atoms with Crippen molar-refractivity contribution in [3.63, 3.8) is 0 Å². The van der Waals surface area contributed by atoms with Gasteiger partial charge in [-0.25, -0.2) is 4.68 Å². The molecule has 1 aromatic heterocycles. The molecule has 0 aliphatic carbocycles. The van der Waals surface area contributed by atoms with Gasteiger partial charge in [0.1, 0.15) is 5.75 Å². The quantitative estimate of drug-likeness (QED) is 0.595. The van der Waals surface area contributed by atoms with Gasteiger partial charge < -0.3 is 10.1 Å². The molecule has 26 heavy (non-hydrogen) atoms. The third-order valence-electron chi connectivity index (χ3n) is 4.01. The number of nitrogens with zero attached hydrogens (tertiary/aromatic N) is 2. The molecule has 0 spiro atoms. The van der Waals surface area contributed by atoms with E-state index < -0.39 is 0 Å². The number of amides is 1. The Kier molecular flexibility index (Phi) is 4.35. The van der Waals surface area contributed by atoms with Gasteiger partial charge in [0.2, 0.25) is 0 Å². The largest absolute Gasteiger partial charge is 0.484 e. The van der Waals surface area contributed by atoms with E-state index in [4.69, 9.17) is 4.74 Å². The van der Waals surface area contributed by atoms with Crippen molar-refractivity contribution in [1.29, 1.82) is 0 Å². The first-order chi connectivity index (χ1) is 12.8. The fourth-order valence-corrected chi connectivity index (χ4v) is 2.72. The molecule has 1 N–H and O–H groups in total. The van der Waals surface area contributed by atoms with Crippen LogP contribution < -0.4 is 10.1 Å². The molecule has 5 heteroatoms. The number of benzene rings is 3. The lowest BCUT2D eigenvalue weighted by Crippen LogP contribution is -2.20. The summed E-state index contributed by atoms with van der Waals surface area (Å²) in [6.45, 7) is -0.0424. The van der Waals surface area contributed by atoms with Crippen LogP contribution in [0.5, 0.6) is 5.75 Å². The number of fused-ring (bicyclic) bond motifs is 1. The van der Waals surface area contributed by atoms with E-state index in [9.17, 15) is 4.79 Å². The van der Waals surface area contributed by atoms with E-state index >= 15 is 0 Å². The first kappa shape index (κ1) is 15.9. The lowest BCUT2D eigenvalue weighted by molar-refractivity contribution is -0.118. The van der Waals surface area contributed by atoms with Gasteiger partial charge in [-0.1, -0.05) is 30.3 Å². The standard InChI is InChI=1S/C21H17N3O2/c25-21(15-26-20-11-6-16-4-1-2-5-17(16)14-20)23-18-7-9-19(10-8-18)24-13-3-12-22-24/h1-14H,15H2,(H,23,25). The molecule has 1 heterocycles. The summed E-state index contributed by atoms with van der Waals surface area (Å²) in [6.07, 6.45) is 3.59. The minimum absolute atomic E-state index is 0.0424. The highest BCUT2D eigenvalue weighted by Crippen LogP contribution is 2.20. The van der Waals surface area contributed by atoms with E-state index in [-0.39, 0.29) is 12.5 Å². The summed E-state index contributed by atoms with van der Waals surface area (Å²) in [5.41, 5.74) is 1.65. The number of nitrogens with one attached hydrogen (secondary N) is 1. The van der Waals surface area contributed by atoms with Gasteiger partial charge in [0.15, 0.2) is 6.61 Å². The smallest absolute Gasteiger partial charge is 0.262 e. The van der Waals surface area contributed by atoms with Gasteiger partial charge in [-0.15, -0.1) is 0 Å². The summed E-state index contributed by atoms with van der Waals surface area (Å²) in [6, 6.07) is 23.1. The number of carbonyl (C=O) groups is 1. The van der Waals surface area contributed by atoms with E-state index in [1.807, 2.05) is 79.0 Å². The van der Waals surface area contributed by atoms with Crippen LogP contribution in [0.25, 0.3) is 16.5 Å². The Morgan fingerprint density at radius 3 is 2.54 bits per heavy atom. The maximum atomic E-state index is 12.1. The Morgan fingerprint density at radius 2 is 1.77 bits per heavy atom. The maximum Gasteiger partial charge on any atom is 0.262 e. The molecule has 0 saturated carbocycles. The zero-order chi connectivity index (χ0) is 17.8. The van der Waals surface area contributed by atoms with Gasteiger partial charge >= 0.3 is 0 Å². The Labute approximate surface area is 150 Å². The normalized spacial score (nSPS) is 10.6. The van der Waals surface area contributed by atoms with Crippen molar-refractivity contribution in [3.8, 4) is 11.4 Å². The van der Waals surface area contributed by atoms with Crippen molar-refractivity contribution in [2.24, 2.45) is 0 Å². The summed E-state index contributed by atoms with van der Waals surface area (Å²) in [7, 11) is 0. The first-order valence-corrected chi connectivity index (χ1v) is 8.29. The van der Waals surface area contributed by atoms with Crippen molar-refractivity contribution in [2.45, 2.75) is 0 Å². The second-order valence-corrected chi connectivity index (χ2v) is 5.84. The van der Waals surface area contributed by atoms with E-state index in [0.717, 1.165) is 16.5 Å². The van der Waals surface area contributed by atoms with Crippen molar-refractivity contribution < 1.29 is 9.53 Å². The molecule has 3 aromatic carbocycles. The Hall–Kier alpha value is -3.60. The fraction of sp³-hybridized carbons (Fsp3) is 0.0476. The van der Waals surface area contributed by atoms with Gasteiger partial charge in [-0.2, -0.15) is 5.10 Å². The molecule has 5 nitrogen and oxygen atoms in total. The van der Waals surface area contributed by atoms with Crippen LogP contribution in [0.2, 0.25) is 0 Å². The summed E-state index contributed by atoms with van der Waals surface area (Å²) in [5.74, 6) is 0.470. The van der Waals surface area contributed by atoms with Crippen molar-refractivity contribution >= 4 is 22.4 Å². The third kappa shape index (κ3) is 3.57. The minimum atomic E-state index is -0.204. The number of hydrogen-bond donors (Lipinski definition) is 1. The zero-order valence-corrected chi connectivity index (χ0v) is 14.0. The predicted molar refractivity (Wildman–Crippen MR) is 102 cm³/mol. The molecule has 0 bridgehead atoms. The second kappa shape index (κ2) is 7.11. The molecule has 0 aliphatic heterocycles. The second-order valence-electron chi connectivity index (χ2n) is 5.84. The van der Waals surface area contributed by atoms with Crippen LogP contribution in [0.3, 0.4) is 0 Å². The molecule has 0 saturated heterocycles. The van der Waals surface area contributed by atoms with Crippen molar-refractivity contribution in [2.75, 3.05) is 11.9 Å². The van der Waals surface area contributed by atoms with Crippen LogP contribution in [0, 0.1) is 0 Å². The highest BCUT2D eigenvalue weighted by molar-refractivity contribution is 5.92. The summed E-state index contributed by atoms with van der Waals surface area (Å²) >= 11 is 0. The number of anilines is 1. The number of carbonyl (C=O) groups excluding carboxylic acids is 1. The molecule has 0 atom stereocenters. The topological polar surface area (TPSA) is 56.1 Å². The molecule has 0 fully saturated rings. The molecular formula is C21H17N3O2. The Balaban J connectivity index is 1.36. The van der Waals surface area contributed by atoms with Gasteiger partial charge in [0.05, 0.1) is 5.69 Å². The molecule has 0 unspecified atom stereocenters. The predicted octanol–water partition coefficient (Wildman–Crippen LogP) is 4.04. The fourth-order valence-electron chi connectivity index (χ4n) is 2.72. The van der Waals surface area contributed by atoms with E-state index in [1.54, 1.807) is 10.9 Å². The lowest BCUT2D eigenvalue weighted by Gasteiger charge is -2.09. The number of hydrogen-bond acceptors (Lipinski definition) is 3. The molecule has 1 amide bonds. The minimum Gasteiger partial charge on any atom is -0.484 e. The molecule has 0 radical (unpaired) electrons. The van der Waals surface area contributed by atoms with Crippen LogP contribution in [0.1, 0.15) is 0 Å². The molecule has 128 valence electrons. The van der Waals surface area contributed by atoms with Crippen molar-refractivity contribution in [1.82, 2.24) is 9.78 Å². The number of rotatable bonds is 5. The van der Waals surface area contributed by atoms with Gasteiger partial charge in [0.25, 0.3) is 5.91 Å². The summed E-state index contributed by atoms with van der Waals surface area (Å²) in [5, 5.41) is 9.22. The van der Waals surface area contributed by atoms with Crippen LogP contribution in [0.4, 0.5) is 5.69 Å². The molecule has 4 rings (SSSR count). The Bertz CT molecular complexity index is 1020. The van der Waals surface area contributed by atoms with E-state index in [2.05, 4.69) is 10.4 Å². The van der Waals surface area contributed by atoms with Gasteiger partial charge in [-0.3, -0.25) is 4.79 Å². The first-order valence-electron chi connectivity index (χ1n) is 8.29. The van der Waals surface area contributed by atoms with Crippen LogP contribution in [0.15, 0.2) is 85.2 Å². The van der Waals surface area contributed by atoms with Crippen LogP contribution in [-0.4, -0.2) is 22.3 Å². The zero-order valence-electron chi connectivity index (χ0n) is 14.0. The van der Waals surface area contributed by atoms with E-state index in [0.29, 0.717) is 11.4 Å². The van der Waals surface area contributed by atoms with Crippen LogP contribution >= 0.6 is 0 Å². The maximum absolute atomic E-state index is 12.1. The van der Waals surface area contributed by atoms with Crippen molar-refractivity contribution in [3.05, 3.63) is 85.2 Å². The highest BCUT2D eigenvalue weighted by atomic mass is 16.5. The number of ether oxygens (including phenoxy) is 1. The lowest BCUT2D eigenvalue weighted by atomic mass is 10.1. The van der Waals surface area contributed by atoms with Gasteiger partial charge in [-0.05, 0) is 53.2 Å². The molecule has 0 aliphatic rings. The number of aromatic nitrogens is 2. The van der Waals surface area contributed by atoms with Gasteiger partial charge in [0, 0.05) is 18.1 Å².